The fourth-order valence-electron chi connectivity index (χ4n) is 1.25. The van der Waals surface area contributed by atoms with Crippen molar-refractivity contribution in [2.24, 2.45) is 0 Å². The third-order valence-electron chi connectivity index (χ3n) is 2.36. The zero-order valence-electron chi connectivity index (χ0n) is 9.70. The highest BCUT2D eigenvalue weighted by molar-refractivity contribution is 5.76. The highest BCUT2D eigenvalue weighted by atomic mass is 14.2. The molecule has 1 aromatic rings. The van der Waals surface area contributed by atoms with Crippen molar-refractivity contribution in [2.45, 2.75) is 13.8 Å². The largest absolute Gasteiger partial charge is 0.193 e. The molecule has 0 aromatic heterocycles. The van der Waals surface area contributed by atoms with Crippen LogP contribution in [0.3, 0.4) is 0 Å². The minimum atomic E-state index is 0.695. The van der Waals surface area contributed by atoms with E-state index in [4.69, 9.17) is 5.26 Å². The maximum atomic E-state index is 8.63. The number of nitrogens with zero attached hydrogens (tertiary/aromatic N) is 1. The molecule has 1 rings (SSSR count). The summed E-state index contributed by atoms with van der Waals surface area (Å²) in [6, 6.07) is 12.1. The highest BCUT2D eigenvalue weighted by Gasteiger charge is 1.98. The predicted octanol–water partition coefficient (Wildman–Crippen LogP) is 4.12. The minimum absolute atomic E-state index is 0.695. The van der Waals surface area contributed by atoms with Crippen molar-refractivity contribution in [3.8, 4) is 6.07 Å². The molecule has 1 heteroatoms. The van der Waals surface area contributed by atoms with Crippen molar-refractivity contribution in [3.63, 3.8) is 0 Å². The van der Waals surface area contributed by atoms with Gasteiger partial charge >= 0.3 is 0 Å². The van der Waals surface area contributed by atoms with Crippen molar-refractivity contribution >= 4 is 5.57 Å². The van der Waals surface area contributed by atoms with Gasteiger partial charge in [-0.15, -0.1) is 0 Å². The average Bonchev–Trinajstić information content (AvgIpc) is 2.35. The Hall–Kier alpha value is -2.07. The first-order valence-electron chi connectivity index (χ1n) is 5.15. The number of allylic oxidation sites excluding steroid dienone is 5. The molecule has 0 N–H and O–H groups in total. The van der Waals surface area contributed by atoms with Gasteiger partial charge in [-0.25, -0.2) is 0 Å². The van der Waals surface area contributed by atoms with Gasteiger partial charge in [0.05, 0.1) is 6.07 Å². The molecule has 0 fully saturated rings. The summed E-state index contributed by atoms with van der Waals surface area (Å²) in [6.45, 7) is 7.83. The van der Waals surface area contributed by atoms with E-state index in [0.717, 1.165) is 16.7 Å². The molecule has 0 radical (unpaired) electrons. The second kappa shape index (κ2) is 5.72. The summed E-state index contributed by atoms with van der Waals surface area (Å²) in [5.74, 6) is 0. The van der Waals surface area contributed by atoms with Crippen molar-refractivity contribution in [1.82, 2.24) is 0 Å². The lowest BCUT2D eigenvalue weighted by Gasteiger charge is -2.05. The fraction of sp³-hybridized carbons (Fsp3) is 0.133. The van der Waals surface area contributed by atoms with Gasteiger partial charge in [0.1, 0.15) is 0 Å². The Morgan fingerprint density at radius 1 is 1.19 bits per heavy atom. The van der Waals surface area contributed by atoms with E-state index in [1.807, 2.05) is 49.4 Å². The Kier molecular flexibility index (Phi) is 4.29. The molecule has 1 nitrogen and oxygen atoms in total. The fourth-order valence-corrected chi connectivity index (χ4v) is 1.25. The molecule has 0 atom stereocenters. The molecular formula is C15H15N. The van der Waals surface area contributed by atoms with Crippen LogP contribution in [0.5, 0.6) is 0 Å². The molecule has 1 aromatic carbocycles. The topological polar surface area (TPSA) is 23.8 Å². The predicted molar refractivity (Wildman–Crippen MR) is 68.6 cm³/mol. The first-order chi connectivity index (χ1) is 7.65. The summed E-state index contributed by atoms with van der Waals surface area (Å²) < 4.78 is 0. The Bertz CT molecular complexity index is 470. The first-order valence-corrected chi connectivity index (χ1v) is 5.15. The zero-order valence-corrected chi connectivity index (χ0v) is 9.70. The number of benzene rings is 1. The molecule has 0 aliphatic heterocycles. The molecule has 0 saturated heterocycles. The van der Waals surface area contributed by atoms with Gasteiger partial charge < -0.3 is 0 Å². The summed E-state index contributed by atoms with van der Waals surface area (Å²) in [4.78, 5) is 0. The summed E-state index contributed by atoms with van der Waals surface area (Å²) >= 11 is 0. The molecule has 0 saturated carbocycles. The van der Waals surface area contributed by atoms with Gasteiger partial charge in [0.2, 0.25) is 0 Å². The normalized spacial score (nSPS) is 12.1. The quantitative estimate of drug-likeness (QED) is 0.542. The Balaban J connectivity index is 2.89. The van der Waals surface area contributed by atoms with Gasteiger partial charge in [-0.3, -0.25) is 0 Å². The van der Waals surface area contributed by atoms with E-state index in [2.05, 4.69) is 12.6 Å². The highest BCUT2D eigenvalue weighted by Crippen LogP contribution is 2.20. The van der Waals surface area contributed by atoms with Crippen LogP contribution in [0, 0.1) is 11.3 Å². The van der Waals surface area contributed by atoms with Crippen molar-refractivity contribution in [1.29, 1.82) is 5.26 Å². The van der Waals surface area contributed by atoms with Crippen molar-refractivity contribution in [2.75, 3.05) is 0 Å². The van der Waals surface area contributed by atoms with Gasteiger partial charge in [-0.2, -0.15) is 5.26 Å². The molecule has 0 aliphatic rings. The Morgan fingerprint density at radius 2 is 1.81 bits per heavy atom. The summed E-state index contributed by atoms with van der Waals surface area (Å²) in [6.07, 6.45) is 3.73. The van der Waals surface area contributed by atoms with Crippen LogP contribution in [0.25, 0.3) is 5.57 Å². The van der Waals surface area contributed by atoms with Crippen molar-refractivity contribution < 1.29 is 0 Å². The first kappa shape index (κ1) is 12.0. The van der Waals surface area contributed by atoms with E-state index in [1.165, 1.54) is 0 Å². The van der Waals surface area contributed by atoms with Crippen molar-refractivity contribution in [3.05, 3.63) is 65.8 Å². The standard InChI is InChI=1S/C15H15N/c1-12(11-16)9-10-13(2)14(3)15-7-5-4-6-8-15/h4-10H,3H2,1-2H3/b12-9+,13-10-. The van der Waals surface area contributed by atoms with Crippen LogP contribution >= 0.6 is 0 Å². The number of nitriles is 1. The summed E-state index contributed by atoms with van der Waals surface area (Å²) in [5.41, 5.74) is 3.86. The monoisotopic (exact) mass is 209 g/mol. The van der Waals surface area contributed by atoms with E-state index in [1.54, 1.807) is 6.92 Å². The molecule has 0 heterocycles. The Labute approximate surface area is 97.0 Å². The molecule has 0 amide bonds. The van der Waals surface area contributed by atoms with Gasteiger partial charge in [0.25, 0.3) is 0 Å². The number of rotatable bonds is 3. The van der Waals surface area contributed by atoms with Crippen LogP contribution in [-0.4, -0.2) is 0 Å². The number of hydrogen-bond donors (Lipinski definition) is 0. The summed E-state index contributed by atoms with van der Waals surface area (Å²) in [7, 11) is 0. The van der Waals surface area contributed by atoms with Crippen LogP contribution in [0.15, 0.2) is 60.2 Å². The van der Waals surface area contributed by atoms with Gasteiger partial charge in [-0.1, -0.05) is 43.0 Å². The van der Waals surface area contributed by atoms with Crippen LogP contribution in [0.4, 0.5) is 0 Å². The maximum absolute atomic E-state index is 8.63. The third kappa shape index (κ3) is 3.25. The molecule has 16 heavy (non-hydrogen) atoms. The Morgan fingerprint density at radius 3 is 2.38 bits per heavy atom. The summed E-state index contributed by atoms with van der Waals surface area (Å²) in [5, 5.41) is 8.63. The van der Waals surface area contributed by atoms with E-state index < -0.39 is 0 Å². The molecule has 0 aliphatic carbocycles. The van der Waals surface area contributed by atoms with Gasteiger partial charge in [0.15, 0.2) is 0 Å². The zero-order chi connectivity index (χ0) is 12.0. The van der Waals surface area contributed by atoms with Crippen LogP contribution in [0.1, 0.15) is 19.4 Å². The SMILES string of the molecule is C=C(/C(C)=C\C=C(/C)C#N)c1ccccc1. The lowest BCUT2D eigenvalue weighted by molar-refractivity contribution is 1.43. The van der Waals surface area contributed by atoms with Gasteiger partial charge in [-0.05, 0) is 36.6 Å². The molecule has 80 valence electrons. The number of hydrogen-bond acceptors (Lipinski definition) is 1. The van der Waals surface area contributed by atoms with E-state index >= 15 is 0 Å². The second-order valence-electron chi connectivity index (χ2n) is 3.66. The smallest absolute Gasteiger partial charge is 0.0944 e. The van der Waals surface area contributed by atoms with E-state index in [-0.39, 0.29) is 0 Å². The maximum Gasteiger partial charge on any atom is 0.0944 e. The lowest BCUT2D eigenvalue weighted by atomic mass is 10.0. The third-order valence-corrected chi connectivity index (χ3v) is 2.36. The van der Waals surface area contributed by atoms with E-state index in [9.17, 15) is 0 Å². The average molecular weight is 209 g/mol. The lowest BCUT2D eigenvalue weighted by Crippen LogP contribution is -1.83. The van der Waals surface area contributed by atoms with Crippen LogP contribution in [0.2, 0.25) is 0 Å². The van der Waals surface area contributed by atoms with E-state index in [0.29, 0.717) is 5.57 Å². The molecule has 0 bridgehead atoms. The molecular weight excluding hydrogens is 194 g/mol. The molecule has 0 unspecified atom stereocenters. The minimum Gasteiger partial charge on any atom is -0.193 e. The van der Waals surface area contributed by atoms with Gasteiger partial charge in [0, 0.05) is 5.57 Å². The van der Waals surface area contributed by atoms with Crippen LogP contribution < -0.4 is 0 Å². The molecule has 0 spiro atoms. The second-order valence-corrected chi connectivity index (χ2v) is 3.66. The van der Waals surface area contributed by atoms with Crippen LogP contribution in [-0.2, 0) is 0 Å².